The summed E-state index contributed by atoms with van der Waals surface area (Å²) in [6, 6.07) is 3.53. The van der Waals surface area contributed by atoms with Crippen molar-refractivity contribution in [3.63, 3.8) is 0 Å². The van der Waals surface area contributed by atoms with E-state index in [1.165, 1.54) is 7.11 Å². The monoisotopic (exact) mass is 253 g/mol. The van der Waals surface area contributed by atoms with Gasteiger partial charge in [0.15, 0.2) is 0 Å². The second-order valence-electron chi connectivity index (χ2n) is 5.31. The molecule has 0 spiro atoms. The molecule has 0 amide bonds. The second-order valence-corrected chi connectivity index (χ2v) is 5.31. The lowest BCUT2D eigenvalue weighted by Crippen LogP contribution is -2.30. The van der Waals surface area contributed by atoms with Gasteiger partial charge in [-0.25, -0.2) is 4.79 Å². The molecule has 0 aliphatic heterocycles. The molecule has 18 heavy (non-hydrogen) atoms. The molecular weight excluding hydrogens is 230 g/mol. The van der Waals surface area contributed by atoms with Crippen LogP contribution < -0.4 is 5.32 Å². The van der Waals surface area contributed by atoms with Gasteiger partial charge in [0, 0.05) is 6.54 Å². The predicted molar refractivity (Wildman–Crippen MR) is 70.5 cm³/mol. The number of carbonyl (C=O) groups is 1. The summed E-state index contributed by atoms with van der Waals surface area (Å²) in [6.45, 7) is 9.53. The van der Waals surface area contributed by atoms with Crippen LogP contribution in [0.15, 0.2) is 16.5 Å². The molecule has 0 bridgehead atoms. The highest BCUT2D eigenvalue weighted by atomic mass is 16.5. The lowest BCUT2D eigenvalue weighted by molar-refractivity contribution is 0.0562. The molecule has 0 saturated heterocycles. The van der Waals surface area contributed by atoms with Crippen LogP contribution in [0.25, 0.3) is 0 Å². The topological polar surface area (TPSA) is 51.5 Å². The van der Waals surface area contributed by atoms with Crippen LogP contribution in [0, 0.1) is 5.41 Å². The van der Waals surface area contributed by atoms with Crippen molar-refractivity contribution in [1.29, 1.82) is 0 Å². The largest absolute Gasteiger partial charge is 0.463 e. The summed E-state index contributed by atoms with van der Waals surface area (Å²) >= 11 is 0. The zero-order valence-electron chi connectivity index (χ0n) is 11.9. The van der Waals surface area contributed by atoms with Gasteiger partial charge in [-0.05, 0) is 30.9 Å². The maximum absolute atomic E-state index is 11.3. The van der Waals surface area contributed by atoms with E-state index in [0.29, 0.717) is 0 Å². The Morgan fingerprint density at radius 1 is 1.50 bits per heavy atom. The maximum Gasteiger partial charge on any atom is 0.373 e. The summed E-state index contributed by atoms with van der Waals surface area (Å²) in [6.07, 6.45) is 1.11. The summed E-state index contributed by atoms with van der Waals surface area (Å²) < 4.78 is 10.1. The van der Waals surface area contributed by atoms with Crippen molar-refractivity contribution in [3.8, 4) is 0 Å². The molecule has 1 N–H and O–H groups in total. The molecule has 0 fully saturated rings. The molecule has 0 aromatic carbocycles. The molecule has 0 aliphatic carbocycles. The van der Waals surface area contributed by atoms with Crippen molar-refractivity contribution in [1.82, 2.24) is 5.32 Å². The van der Waals surface area contributed by atoms with Crippen molar-refractivity contribution in [2.24, 2.45) is 5.41 Å². The Balaban J connectivity index is 2.59. The van der Waals surface area contributed by atoms with Gasteiger partial charge in [-0.1, -0.05) is 20.8 Å². The molecule has 4 nitrogen and oxygen atoms in total. The third-order valence-corrected chi connectivity index (χ3v) is 3.28. The Labute approximate surface area is 109 Å². The van der Waals surface area contributed by atoms with Gasteiger partial charge in [-0.15, -0.1) is 0 Å². The van der Waals surface area contributed by atoms with Gasteiger partial charge in [-0.2, -0.15) is 0 Å². The normalized spacial score (nSPS) is 13.4. The minimum atomic E-state index is -0.442. The maximum atomic E-state index is 11.3. The molecule has 1 rings (SSSR count). The molecule has 0 saturated carbocycles. The lowest BCUT2D eigenvalue weighted by Gasteiger charge is -2.25. The summed E-state index contributed by atoms with van der Waals surface area (Å²) in [4.78, 5) is 11.3. The van der Waals surface area contributed by atoms with Crippen LogP contribution in [0.5, 0.6) is 0 Å². The molecule has 1 heterocycles. The highest BCUT2D eigenvalue weighted by molar-refractivity contribution is 5.86. The number of hydrogen-bond acceptors (Lipinski definition) is 4. The van der Waals surface area contributed by atoms with E-state index >= 15 is 0 Å². The van der Waals surface area contributed by atoms with E-state index in [-0.39, 0.29) is 17.2 Å². The van der Waals surface area contributed by atoms with E-state index in [1.54, 1.807) is 6.07 Å². The second kappa shape index (κ2) is 6.05. The Morgan fingerprint density at radius 2 is 2.17 bits per heavy atom. The van der Waals surface area contributed by atoms with E-state index in [9.17, 15) is 4.79 Å². The van der Waals surface area contributed by atoms with Crippen molar-refractivity contribution >= 4 is 5.97 Å². The van der Waals surface area contributed by atoms with Crippen LogP contribution in [0.1, 0.15) is 56.5 Å². The number of nitrogens with one attached hydrogen (secondary N) is 1. The molecule has 102 valence electrons. The Kier molecular flexibility index (Phi) is 4.96. The SMILES string of the molecule is CCC(C)(C)CNC(C)c1ccc(C(=O)OC)o1. The first kappa shape index (κ1) is 14.8. The van der Waals surface area contributed by atoms with Crippen LogP contribution in [0.2, 0.25) is 0 Å². The van der Waals surface area contributed by atoms with Crippen molar-refractivity contribution in [2.45, 2.75) is 40.2 Å². The van der Waals surface area contributed by atoms with Gasteiger partial charge >= 0.3 is 5.97 Å². The minimum Gasteiger partial charge on any atom is -0.463 e. The Hall–Kier alpha value is -1.29. The van der Waals surface area contributed by atoms with E-state index < -0.39 is 5.97 Å². The van der Waals surface area contributed by atoms with E-state index in [1.807, 2.05) is 13.0 Å². The van der Waals surface area contributed by atoms with Crippen molar-refractivity contribution in [2.75, 3.05) is 13.7 Å². The molecular formula is C14H23NO3. The Morgan fingerprint density at radius 3 is 2.72 bits per heavy atom. The van der Waals surface area contributed by atoms with E-state index in [4.69, 9.17) is 4.42 Å². The summed E-state index contributed by atoms with van der Waals surface area (Å²) in [5.41, 5.74) is 0.256. The van der Waals surface area contributed by atoms with Gasteiger partial charge in [0.05, 0.1) is 13.2 Å². The zero-order valence-corrected chi connectivity index (χ0v) is 11.9. The van der Waals surface area contributed by atoms with E-state index in [2.05, 4.69) is 30.8 Å². The molecule has 1 aromatic rings. The number of ether oxygens (including phenoxy) is 1. The average Bonchev–Trinajstić information content (AvgIpc) is 2.84. The highest BCUT2D eigenvalue weighted by Gasteiger charge is 2.19. The number of methoxy groups -OCH3 is 1. The molecule has 1 atom stereocenters. The summed E-state index contributed by atoms with van der Waals surface area (Å²) in [5.74, 6) is 0.556. The van der Waals surface area contributed by atoms with Crippen LogP contribution in [-0.2, 0) is 4.74 Å². The first-order valence-electron chi connectivity index (χ1n) is 6.31. The smallest absolute Gasteiger partial charge is 0.373 e. The number of esters is 1. The molecule has 0 radical (unpaired) electrons. The average molecular weight is 253 g/mol. The number of carbonyl (C=O) groups excluding carboxylic acids is 1. The summed E-state index contributed by atoms with van der Waals surface area (Å²) in [7, 11) is 1.34. The van der Waals surface area contributed by atoms with Crippen LogP contribution >= 0.6 is 0 Å². The fourth-order valence-corrected chi connectivity index (χ4v) is 1.45. The van der Waals surface area contributed by atoms with Crippen LogP contribution in [-0.4, -0.2) is 19.6 Å². The van der Waals surface area contributed by atoms with Crippen molar-refractivity contribution in [3.05, 3.63) is 23.7 Å². The van der Waals surface area contributed by atoms with Crippen molar-refractivity contribution < 1.29 is 13.9 Å². The number of hydrogen-bond donors (Lipinski definition) is 1. The van der Waals surface area contributed by atoms with Crippen LogP contribution in [0.4, 0.5) is 0 Å². The quantitative estimate of drug-likeness (QED) is 0.791. The fourth-order valence-electron chi connectivity index (χ4n) is 1.45. The highest BCUT2D eigenvalue weighted by Crippen LogP contribution is 2.21. The van der Waals surface area contributed by atoms with E-state index in [0.717, 1.165) is 18.7 Å². The molecule has 4 heteroatoms. The van der Waals surface area contributed by atoms with Gasteiger partial charge in [0.2, 0.25) is 5.76 Å². The number of rotatable bonds is 6. The van der Waals surface area contributed by atoms with Gasteiger partial charge in [0.1, 0.15) is 5.76 Å². The third kappa shape index (κ3) is 3.88. The summed E-state index contributed by atoms with van der Waals surface area (Å²) in [5, 5.41) is 3.41. The molecule has 0 aliphatic rings. The number of furan rings is 1. The van der Waals surface area contributed by atoms with Crippen LogP contribution in [0.3, 0.4) is 0 Å². The first-order valence-corrected chi connectivity index (χ1v) is 6.31. The molecule has 1 unspecified atom stereocenters. The van der Waals surface area contributed by atoms with Gasteiger partial charge in [0.25, 0.3) is 0 Å². The third-order valence-electron chi connectivity index (χ3n) is 3.28. The standard InChI is InChI=1S/C14H23NO3/c1-6-14(3,4)9-15-10(2)11-7-8-12(18-11)13(16)17-5/h7-8,10,15H,6,9H2,1-5H3. The fraction of sp³-hybridized carbons (Fsp3) is 0.643. The van der Waals surface area contributed by atoms with Gasteiger partial charge in [-0.3, -0.25) is 0 Å². The Bertz CT molecular complexity index is 395. The minimum absolute atomic E-state index is 0.0780. The first-order chi connectivity index (χ1) is 8.39. The van der Waals surface area contributed by atoms with Gasteiger partial charge < -0.3 is 14.5 Å². The predicted octanol–water partition coefficient (Wildman–Crippen LogP) is 3.15. The zero-order chi connectivity index (χ0) is 13.8. The lowest BCUT2D eigenvalue weighted by atomic mass is 9.90. The molecule has 1 aromatic heterocycles.